The number of hydrogen-bond donors (Lipinski definition) is 2. The van der Waals surface area contributed by atoms with Gasteiger partial charge in [0.2, 0.25) is 5.78 Å². The van der Waals surface area contributed by atoms with Crippen molar-refractivity contribution in [2.75, 3.05) is 24.6 Å². The van der Waals surface area contributed by atoms with Gasteiger partial charge in [0.25, 0.3) is 0 Å². The number of benzene rings is 2. The number of aliphatic hydroxyl groups excluding tert-OH is 1. The number of piperidine rings is 1. The second kappa shape index (κ2) is 10.9. The second-order valence-electron chi connectivity index (χ2n) is 8.08. The van der Waals surface area contributed by atoms with Crippen molar-refractivity contribution in [2.24, 2.45) is 0 Å². The lowest BCUT2D eigenvalue weighted by Gasteiger charge is -2.40. The average Bonchev–Trinajstić information content (AvgIpc) is 2.89. The molecular weight excluding hydrogens is 515 g/mol. The zero-order chi connectivity index (χ0) is 25.0. The van der Waals surface area contributed by atoms with Crippen LogP contribution in [-0.2, 0) is 4.84 Å². The molecular formula is C24H21Cl3N4O4. The minimum Gasteiger partial charge on any atom is -0.394 e. The summed E-state index contributed by atoms with van der Waals surface area (Å²) in [5.41, 5.74) is 2.53. The Bertz CT molecular complexity index is 1230. The van der Waals surface area contributed by atoms with Crippen LogP contribution >= 0.6 is 34.8 Å². The lowest BCUT2D eigenvalue weighted by Crippen LogP contribution is -2.56. The summed E-state index contributed by atoms with van der Waals surface area (Å²) in [7, 11) is 0. The molecule has 0 amide bonds. The van der Waals surface area contributed by atoms with Crippen LogP contribution in [0.2, 0.25) is 15.2 Å². The van der Waals surface area contributed by atoms with E-state index in [0.717, 1.165) is 0 Å². The van der Waals surface area contributed by atoms with E-state index in [1.807, 2.05) is 4.90 Å². The van der Waals surface area contributed by atoms with Crippen molar-refractivity contribution in [3.63, 3.8) is 0 Å². The Morgan fingerprint density at radius 1 is 1.06 bits per heavy atom. The minimum atomic E-state index is -0.794. The molecule has 4 rings (SSSR count). The van der Waals surface area contributed by atoms with Gasteiger partial charge < -0.3 is 14.8 Å². The van der Waals surface area contributed by atoms with Gasteiger partial charge in [-0.2, -0.15) is 0 Å². The first kappa shape index (κ1) is 25.3. The molecule has 3 aromatic rings. The fraction of sp³-hybridized carbons (Fsp3) is 0.250. The number of hydroxylamine groups is 1. The molecule has 2 aromatic carbocycles. The van der Waals surface area contributed by atoms with Gasteiger partial charge in [-0.15, -0.1) is 5.48 Å². The highest BCUT2D eigenvalue weighted by Gasteiger charge is 2.36. The van der Waals surface area contributed by atoms with Gasteiger partial charge in [-0.1, -0.05) is 59.1 Å². The molecule has 2 N–H and O–H groups in total. The molecule has 1 aliphatic rings. The molecule has 8 nitrogen and oxygen atoms in total. The number of rotatable bonds is 7. The number of aliphatic hydroxyl groups is 1. The van der Waals surface area contributed by atoms with Crippen LogP contribution in [0.5, 0.6) is 0 Å². The van der Waals surface area contributed by atoms with Crippen molar-refractivity contribution in [3.8, 4) is 0 Å². The molecule has 0 atom stereocenters. The van der Waals surface area contributed by atoms with Crippen LogP contribution in [0.3, 0.4) is 0 Å². The molecule has 11 heteroatoms. The third-order valence-electron chi connectivity index (χ3n) is 5.85. The maximum Gasteiger partial charge on any atom is 0.356 e. The number of hydrogen-bond acceptors (Lipinski definition) is 8. The molecule has 1 saturated heterocycles. The molecule has 0 aliphatic carbocycles. The number of nitrogens with one attached hydrogen (secondary N) is 1. The monoisotopic (exact) mass is 534 g/mol. The van der Waals surface area contributed by atoms with Crippen LogP contribution in [0.25, 0.3) is 0 Å². The molecule has 2 heterocycles. The van der Waals surface area contributed by atoms with Gasteiger partial charge in [0, 0.05) is 18.7 Å². The highest BCUT2D eigenvalue weighted by Crippen LogP contribution is 2.30. The predicted molar refractivity (Wildman–Crippen MR) is 133 cm³/mol. The highest BCUT2D eigenvalue weighted by molar-refractivity contribution is 6.44. The van der Waals surface area contributed by atoms with Gasteiger partial charge in [0.15, 0.2) is 5.15 Å². The smallest absolute Gasteiger partial charge is 0.356 e. The van der Waals surface area contributed by atoms with Gasteiger partial charge >= 0.3 is 5.97 Å². The molecule has 0 bridgehead atoms. The van der Waals surface area contributed by atoms with Crippen molar-refractivity contribution in [1.82, 2.24) is 15.4 Å². The summed E-state index contributed by atoms with van der Waals surface area (Å²) < 4.78 is 0. The third kappa shape index (κ3) is 5.58. The Morgan fingerprint density at radius 3 is 2.43 bits per heavy atom. The summed E-state index contributed by atoms with van der Waals surface area (Å²) in [6, 6.07) is 13.3. The first-order valence-corrected chi connectivity index (χ1v) is 11.9. The predicted octanol–water partition coefficient (Wildman–Crippen LogP) is 4.36. The van der Waals surface area contributed by atoms with Gasteiger partial charge in [0.05, 0.1) is 34.0 Å². The van der Waals surface area contributed by atoms with E-state index in [1.165, 1.54) is 6.20 Å². The molecule has 0 radical (unpaired) electrons. The fourth-order valence-electron chi connectivity index (χ4n) is 3.71. The summed E-state index contributed by atoms with van der Waals surface area (Å²) >= 11 is 18.5. The van der Waals surface area contributed by atoms with Crippen LogP contribution in [0, 0.1) is 0 Å². The lowest BCUT2D eigenvalue weighted by atomic mass is 9.89. The van der Waals surface area contributed by atoms with Gasteiger partial charge in [-0.25, -0.2) is 14.8 Å². The average molecular weight is 536 g/mol. The number of aromatic nitrogens is 2. The van der Waals surface area contributed by atoms with Crippen LogP contribution in [0.1, 0.15) is 39.3 Å². The minimum absolute atomic E-state index is 0.0317. The summed E-state index contributed by atoms with van der Waals surface area (Å²) in [5, 5.41) is 10.3. The molecule has 0 saturated carbocycles. The Kier molecular flexibility index (Phi) is 7.88. The van der Waals surface area contributed by atoms with E-state index in [2.05, 4.69) is 15.4 Å². The largest absolute Gasteiger partial charge is 0.394 e. The normalized spacial score (nSPS) is 15.0. The van der Waals surface area contributed by atoms with E-state index in [4.69, 9.17) is 39.6 Å². The summed E-state index contributed by atoms with van der Waals surface area (Å²) in [5.74, 6) is -0.529. The molecule has 0 unspecified atom stereocenters. The third-order valence-corrected chi connectivity index (χ3v) is 6.93. The number of ketones is 1. The highest BCUT2D eigenvalue weighted by atomic mass is 35.5. The van der Waals surface area contributed by atoms with E-state index in [-0.39, 0.29) is 33.1 Å². The Hall–Kier alpha value is -2.75. The van der Waals surface area contributed by atoms with Crippen LogP contribution in [0.15, 0.2) is 54.7 Å². The molecule has 1 fully saturated rings. The van der Waals surface area contributed by atoms with E-state index in [9.17, 15) is 14.7 Å². The SMILES string of the molecule is O=C(ONC1(CO)CCN(c2cnc(C(=O)c3cccc(Cl)c3Cl)c(Cl)n2)CC1)c1ccccc1. The Morgan fingerprint density at radius 2 is 1.77 bits per heavy atom. The standard InChI is InChI=1S/C24H21Cl3N4O4/c25-17-8-4-7-16(19(17)26)21(33)20-22(27)29-18(13-28-20)31-11-9-24(14-32,10-12-31)30-35-23(34)15-5-2-1-3-6-15/h1-8,13,30,32H,9-12,14H2. The van der Waals surface area contributed by atoms with Gasteiger partial charge in [-0.05, 0) is 37.1 Å². The quantitative estimate of drug-likeness (QED) is 0.340. The van der Waals surface area contributed by atoms with Crippen LogP contribution in [-0.4, -0.2) is 52.1 Å². The molecule has 1 aromatic heterocycles. The van der Waals surface area contributed by atoms with Crippen molar-refractivity contribution < 1.29 is 19.5 Å². The summed E-state index contributed by atoms with van der Waals surface area (Å²) in [4.78, 5) is 40.9. The maximum absolute atomic E-state index is 12.9. The first-order chi connectivity index (χ1) is 16.8. The zero-order valence-corrected chi connectivity index (χ0v) is 20.6. The topological polar surface area (TPSA) is 105 Å². The molecule has 1 aliphatic heterocycles. The number of anilines is 1. The van der Waals surface area contributed by atoms with Crippen molar-refractivity contribution in [3.05, 3.63) is 86.7 Å². The Balaban J connectivity index is 1.41. The van der Waals surface area contributed by atoms with Crippen LogP contribution < -0.4 is 10.4 Å². The first-order valence-electron chi connectivity index (χ1n) is 10.7. The van der Waals surface area contributed by atoms with Crippen molar-refractivity contribution in [2.45, 2.75) is 18.4 Å². The number of carbonyl (C=O) groups excluding carboxylic acids is 2. The molecule has 35 heavy (non-hydrogen) atoms. The maximum atomic E-state index is 12.9. The van der Waals surface area contributed by atoms with Crippen LogP contribution in [0.4, 0.5) is 5.82 Å². The van der Waals surface area contributed by atoms with Gasteiger partial charge in [0.1, 0.15) is 11.5 Å². The summed E-state index contributed by atoms with van der Waals surface area (Å²) in [6.45, 7) is 0.743. The Labute approximate surface area is 216 Å². The zero-order valence-electron chi connectivity index (χ0n) is 18.4. The summed E-state index contributed by atoms with van der Waals surface area (Å²) in [6.07, 6.45) is 2.39. The van der Waals surface area contributed by atoms with E-state index in [0.29, 0.717) is 37.3 Å². The molecule has 0 spiro atoms. The lowest BCUT2D eigenvalue weighted by molar-refractivity contribution is -0.0286. The van der Waals surface area contributed by atoms with E-state index < -0.39 is 17.3 Å². The molecule has 182 valence electrons. The second-order valence-corrected chi connectivity index (χ2v) is 9.22. The van der Waals surface area contributed by atoms with E-state index >= 15 is 0 Å². The number of nitrogens with zero attached hydrogens (tertiary/aromatic N) is 3. The van der Waals surface area contributed by atoms with E-state index in [1.54, 1.807) is 48.5 Å². The van der Waals surface area contributed by atoms with Crippen molar-refractivity contribution >= 4 is 52.4 Å². The number of carbonyl (C=O) groups is 2. The van der Waals surface area contributed by atoms with Gasteiger partial charge in [-0.3, -0.25) is 4.79 Å². The number of halogens is 3. The van der Waals surface area contributed by atoms with Crippen molar-refractivity contribution in [1.29, 1.82) is 0 Å². The fourth-order valence-corrected chi connectivity index (χ4v) is 4.32.